The third-order valence-corrected chi connectivity index (χ3v) is 5.13. The van der Waals surface area contributed by atoms with Gasteiger partial charge in [-0.15, -0.1) is 24.2 Å². The van der Waals surface area contributed by atoms with Crippen LogP contribution in [0.15, 0.2) is 58.4 Å². The van der Waals surface area contributed by atoms with E-state index in [9.17, 15) is 14.4 Å². The maximum absolute atomic E-state index is 12.2. The van der Waals surface area contributed by atoms with Crippen LogP contribution < -0.4 is 16.2 Å². The average Bonchev–Trinajstić information content (AvgIpc) is 3.01. The number of rotatable bonds is 7. The summed E-state index contributed by atoms with van der Waals surface area (Å²) in [6.45, 7) is 0.398. The van der Waals surface area contributed by atoms with Crippen molar-refractivity contribution in [2.75, 3.05) is 12.3 Å². The molecule has 8 nitrogen and oxygen atoms in total. The number of amides is 2. The van der Waals surface area contributed by atoms with Gasteiger partial charge >= 0.3 is 5.97 Å². The summed E-state index contributed by atoms with van der Waals surface area (Å²) in [5, 5.41) is 0. The number of likely N-dealkylation sites (tertiary alicyclic amines) is 1. The van der Waals surface area contributed by atoms with Gasteiger partial charge < -0.3 is 16.2 Å². The Morgan fingerprint density at radius 2 is 1.60 bits per heavy atom. The van der Waals surface area contributed by atoms with Crippen molar-refractivity contribution in [3.8, 4) is 5.75 Å². The summed E-state index contributed by atoms with van der Waals surface area (Å²) in [4.78, 5) is 41.6. The van der Waals surface area contributed by atoms with Crippen LogP contribution in [0.1, 0.15) is 23.2 Å². The molecule has 10 heteroatoms. The Morgan fingerprint density at radius 1 is 1.00 bits per heavy atom. The van der Waals surface area contributed by atoms with E-state index in [4.69, 9.17) is 16.2 Å². The largest absolute Gasteiger partial charge is 0.423 e. The Morgan fingerprint density at radius 3 is 2.17 bits per heavy atom. The van der Waals surface area contributed by atoms with Crippen LogP contribution in [-0.2, 0) is 9.59 Å². The summed E-state index contributed by atoms with van der Waals surface area (Å²) in [7, 11) is 0. The number of hydrogen-bond acceptors (Lipinski definition) is 6. The second-order valence-electron chi connectivity index (χ2n) is 6.23. The van der Waals surface area contributed by atoms with Crippen LogP contribution in [0, 0.1) is 0 Å². The van der Waals surface area contributed by atoms with Crippen molar-refractivity contribution in [3.05, 3.63) is 54.1 Å². The van der Waals surface area contributed by atoms with Gasteiger partial charge in [0.25, 0.3) is 0 Å². The van der Waals surface area contributed by atoms with Gasteiger partial charge in [-0.1, -0.05) is 0 Å². The Kier molecular flexibility index (Phi) is 8.25. The zero-order chi connectivity index (χ0) is 20.8. The summed E-state index contributed by atoms with van der Waals surface area (Å²) in [6, 6.07) is 13.4. The number of hydrogen-bond donors (Lipinski definition) is 2. The molecular weight excluding hydrogens is 428 g/mol. The Balaban J connectivity index is 0.00000320. The molecule has 0 atom stereocenters. The third kappa shape index (κ3) is 6.23. The minimum atomic E-state index is -0.493. The van der Waals surface area contributed by atoms with Gasteiger partial charge in [0.1, 0.15) is 5.75 Å². The number of esters is 1. The first kappa shape index (κ1) is 23.2. The fourth-order valence-electron chi connectivity index (χ4n) is 2.72. The lowest BCUT2D eigenvalue weighted by molar-refractivity contribution is -0.137. The molecule has 0 aliphatic carbocycles. The maximum atomic E-state index is 12.2. The fraction of sp³-hybridized carbons (Fsp3) is 0.200. The van der Waals surface area contributed by atoms with Crippen LogP contribution in [-0.4, -0.2) is 40.9 Å². The number of carbonyl (C=O) groups excluding carboxylic acids is 3. The maximum Gasteiger partial charge on any atom is 0.343 e. The molecule has 1 fully saturated rings. The Bertz CT molecular complexity index is 928. The molecule has 30 heavy (non-hydrogen) atoms. The topological polar surface area (TPSA) is 128 Å². The van der Waals surface area contributed by atoms with Gasteiger partial charge in [0.05, 0.1) is 11.3 Å². The second-order valence-corrected chi connectivity index (χ2v) is 7.40. The van der Waals surface area contributed by atoms with Gasteiger partial charge in [-0.25, -0.2) is 9.79 Å². The van der Waals surface area contributed by atoms with Crippen molar-refractivity contribution in [2.24, 2.45) is 16.5 Å². The van der Waals surface area contributed by atoms with E-state index in [1.165, 1.54) is 16.7 Å². The molecule has 2 amide bonds. The number of imide groups is 1. The molecular formula is C20H21ClN4O4S. The van der Waals surface area contributed by atoms with E-state index in [2.05, 4.69) is 4.99 Å². The van der Waals surface area contributed by atoms with Crippen molar-refractivity contribution in [1.82, 2.24) is 4.90 Å². The van der Waals surface area contributed by atoms with Crippen LogP contribution in [0.4, 0.5) is 5.69 Å². The highest BCUT2D eigenvalue weighted by atomic mass is 35.5. The third-order valence-electron chi connectivity index (χ3n) is 4.13. The molecule has 1 aliphatic rings. The first-order chi connectivity index (χ1) is 13.9. The van der Waals surface area contributed by atoms with E-state index in [-0.39, 0.29) is 30.2 Å². The fourth-order valence-corrected chi connectivity index (χ4v) is 3.56. The lowest BCUT2D eigenvalue weighted by atomic mass is 10.2. The quantitative estimate of drug-likeness (QED) is 0.166. The van der Waals surface area contributed by atoms with Gasteiger partial charge in [0, 0.05) is 30.0 Å². The van der Waals surface area contributed by atoms with E-state index >= 15 is 0 Å². The molecule has 0 spiro atoms. The lowest BCUT2D eigenvalue weighted by Gasteiger charge is -2.13. The number of benzene rings is 2. The summed E-state index contributed by atoms with van der Waals surface area (Å²) < 4.78 is 5.36. The molecule has 1 heterocycles. The number of thioether (sulfide) groups is 1. The average molecular weight is 449 g/mol. The van der Waals surface area contributed by atoms with E-state index in [0.717, 1.165) is 4.90 Å². The Labute approximate surface area is 184 Å². The number of nitrogens with two attached hydrogens (primary N) is 2. The number of halogens is 1. The van der Waals surface area contributed by atoms with E-state index in [1.54, 1.807) is 36.4 Å². The molecule has 0 bridgehead atoms. The van der Waals surface area contributed by atoms with Gasteiger partial charge in [0.2, 0.25) is 11.8 Å². The smallest absolute Gasteiger partial charge is 0.343 e. The van der Waals surface area contributed by atoms with Gasteiger partial charge in [-0.2, -0.15) is 0 Å². The van der Waals surface area contributed by atoms with Crippen LogP contribution >= 0.6 is 24.2 Å². The Hall–Kier alpha value is -3.04. The summed E-state index contributed by atoms with van der Waals surface area (Å²) in [6.07, 6.45) is 0.612. The lowest BCUT2D eigenvalue weighted by Crippen LogP contribution is -2.31. The first-order valence-electron chi connectivity index (χ1n) is 8.90. The molecule has 2 aromatic carbocycles. The summed E-state index contributed by atoms with van der Waals surface area (Å²) in [5.74, 6) is 0.259. The molecule has 0 saturated carbocycles. The standard InChI is InChI=1S/C20H20N4O4S.ClH/c21-20(22)23-14-3-1-13(2-4-14)19(27)28-15-5-7-16(8-6-15)29-12-11-24-17(25)9-10-18(24)26;/h1-8H,9-12H2,(H4,21,22,23);1H. The van der Waals surface area contributed by atoms with Crippen LogP contribution in [0.5, 0.6) is 5.75 Å². The van der Waals surface area contributed by atoms with Crippen LogP contribution in [0.25, 0.3) is 0 Å². The minimum absolute atomic E-state index is 0. The minimum Gasteiger partial charge on any atom is -0.423 e. The highest BCUT2D eigenvalue weighted by molar-refractivity contribution is 7.99. The van der Waals surface area contributed by atoms with E-state index in [0.29, 0.717) is 42.1 Å². The number of guanidine groups is 1. The van der Waals surface area contributed by atoms with Crippen molar-refractivity contribution in [2.45, 2.75) is 17.7 Å². The first-order valence-corrected chi connectivity index (χ1v) is 9.89. The summed E-state index contributed by atoms with van der Waals surface area (Å²) >= 11 is 1.52. The van der Waals surface area contributed by atoms with E-state index in [1.807, 2.05) is 12.1 Å². The molecule has 1 aliphatic heterocycles. The van der Waals surface area contributed by atoms with Gasteiger partial charge in [-0.3, -0.25) is 14.5 Å². The van der Waals surface area contributed by atoms with Gasteiger partial charge in [0.15, 0.2) is 5.96 Å². The van der Waals surface area contributed by atoms with E-state index < -0.39 is 5.97 Å². The monoisotopic (exact) mass is 448 g/mol. The number of aliphatic imine (C=N–C) groups is 1. The molecule has 1 saturated heterocycles. The number of carbonyl (C=O) groups is 3. The van der Waals surface area contributed by atoms with Gasteiger partial charge in [-0.05, 0) is 48.5 Å². The zero-order valence-corrected chi connectivity index (χ0v) is 17.6. The number of ether oxygens (including phenoxy) is 1. The van der Waals surface area contributed by atoms with Crippen LogP contribution in [0.2, 0.25) is 0 Å². The SMILES string of the molecule is Cl.NC(N)=Nc1ccc(C(=O)Oc2ccc(SCCN3C(=O)CCC3=O)cc2)cc1. The van der Waals surface area contributed by atoms with Crippen molar-refractivity contribution in [1.29, 1.82) is 0 Å². The predicted molar refractivity (Wildman–Crippen MR) is 117 cm³/mol. The molecule has 0 aromatic heterocycles. The normalized spacial score (nSPS) is 13.0. The highest BCUT2D eigenvalue weighted by Gasteiger charge is 2.28. The zero-order valence-electron chi connectivity index (χ0n) is 15.9. The number of nitrogens with zero attached hydrogens (tertiary/aromatic N) is 2. The molecule has 3 rings (SSSR count). The molecule has 0 radical (unpaired) electrons. The molecule has 4 N–H and O–H groups in total. The predicted octanol–water partition coefficient (Wildman–Crippen LogP) is 2.47. The molecule has 2 aromatic rings. The van der Waals surface area contributed by atoms with Crippen molar-refractivity contribution in [3.63, 3.8) is 0 Å². The van der Waals surface area contributed by atoms with Crippen molar-refractivity contribution >= 4 is 53.6 Å². The van der Waals surface area contributed by atoms with Crippen molar-refractivity contribution < 1.29 is 19.1 Å². The van der Waals surface area contributed by atoms with Crippen LogP contribution in [0.3, 0.4) is 0 Å². The second kappa shape index (κ2) is 10.7. The molecule has 158 valence electrons. The summed E-state index contributed by atoms with van der Waals surface area (Å²) in [5.41, 5.74) is 11.5. The highest BCUT2D eigenvalue weighted by Crippen LogP contribution is 2.23. The molecule has 0 unspecified atom stereocenters.